The Morgan fingerprint density at radius 2 is 2.13 bits per heavy atom. The van der Waals surface area contributed by atoms with Crippen molar-refractivity contribution in [2.24, 2.45) is 0 Å². The highest BCUT2D eigenvalue weighted by molar-refractivity contribution is 5.79. The Morgan fingerprint density at radius 3 is 2.90 bits per heavy atom. The molecule has 2 aromatic heterocycles. The molecule has 0 saturated carbocycles. The number of nitrogens with one attached hydrogen (secondary N) is 1. The number of halogens is 1. The lowest BCUT2D eigenvalue weighted by Gasteiger charge is -2.33. The Kier molecular flexibility index (Phi) is 5.97. The molecule has 0 bridgehead atoms. The number of aromatic nitrogens is 3. The van der Waals surface area contributed by atoms with E-state index in [1.54, 1.807) is 24.5 Å². The molecule has 7 heteroatoms. The van der Waals surface area contributed by atoms with Gasteiger partial charge in [0.25, 0.3) is 0 Å². The number of likely N-dealkylation sites (tertiary alicyclic amines) is 1. The molecule has 1 amide bonds. The minimum Gasteiger partial charge on any atom is -0.373 e. The van der Waals surface area contributed by atoms with Crippen molar-refractivity contribution in [2.75, 3.05) is 25.5 Å². The summed E-state index contributed by atoms with van der Waals surface area (Å²) in [6.07, 6.45) is 5.53. The zero-order valence-corrected chi connectivity index (χ0v) is 16.9. The van der Waals surface area contributed by atoms with E-state index >= 15 is 0 Å². The molecule has 0 aliphatic carbocycles. The van der Waals surface area contributed by atoms with E-state index in [2.05, 4.69) is 15.3 Å². The number of nitrogens with zero attached hydrogens (tertiary/aromatic N) is 4. The van der Waals surface area contributed by atoms with Gasteiger partial charge in [0.2, 0.25) is 5.91 Å². The summed E-state index contributed by atoms with van der Waals surface area (Å²) >= 11 is 0. The molecule has 6 nitrogen and oxygen atoms in total. The van der Waals surface area contributed by atoms with Gasteiger partial charge in [-0.3, -0.25) is 9.78 Å². The number of benzene rings is 1. The second-order valence-corrected chi connectivity index (χ2v) is 7.48. The van der Waals surface area contributed by atoms with Crippen molar-refractivity contribution < 1.29 is 9.18 Å². The minimum atomic E-state index is -0.319. The maximum atomic E-state index is 13.4. The van der Waals surface area contributed by atoms with Gasteiger partial charge < -0.3 is 10.2 Å². The van der Waals surface area contributed by atoms with Gasteiger partial charge in [0.15, 0.2) is 5.82 Å². The fourth-order valence-electron chi connectivity index (χ4n) is 3.81. The molecule has 1 aromatic carbocycles. The zero-order chi connectivity index (χ0) is 20.9. The number of carbonyl (C=O) groups is 1. The lowest BCUT2D eigenvalue weighted by molar-refractivity contribution is -0.131. The molecule has 30 heavy (non-hydrogen) atoms. The van der Waals surface area contributed by atoms with E-state index in [4.69, 9.17) is 4.98 Å². The van der Waals surface area contributed by atoms with Crippen LogP contribution in [0.4, 0.5) is 10.2 Å². The molecule has 1 N–H and O–H groups in total. The summed E-state index contributed by atoms with van der Waals surface area (Å²) in [4.78, 5) is 28.2. The number of rotatable bonds is 5. The van der Waals surface area contributed by atoms with Crippen LogP contribution in [0, 0.1) is 5.82 Å². The molecule has 1 unspecified atom stereocenters. The molecule has 3 aromatic rings. The van der Waals surface area contributed by atoms with Gasteiger partial charge in [0.1, 0.15) is 11.6 Å². The van der Waals surface area contributed by atoms with Gasteiger partial charge in [-0.15, -0.1) is 0 Å². The summed E-state index contributed by atoms with van der Waals surface area (Å²) in [5.74, 6) is 1.18. The summed E-state index contributed by atoms with van der Waals surface area (Å²) in [7, 11) is 1.83. The maximum Gasteiger partial charge on any atom is 0.227 e. The summed E-state index contributed by atoms with van der Waals surface area (Å²) in [6.45, 7) is 1.31. The number of piperidine rings is 1. The van der Waals surface area contributed by atoms with Crippen LogP contribution in [0.1, 0.15) is 30.0 Å². The lowest BCUT2D eigenvalue weighted by atomic mass is 9.93. The van der Waals surface area contributed by atoms with E-state index in [9.17, 15) is 9.18 Å². The number of hydrogen-bond acceptors (Lipinski definition) is 5. The Labute approximate surface area is 175 Å². The van der Waals surface area contributed by atoms with E-state index in [-0.39, 0.29) is 24.1 Å². The van der Waals surface area contributed by atoms with Crippen molar-refractivity contribution in [3.63, 3.8) is 0 Å². The standard InChI is InChI=1S/C23H24FN5O/c1-25-21-13-20(27-23(28-21)17-6-3-9-26-14-17)18-7-4-10-29(15-18)22(30)12-16-5-2-8-19(24)11-16/h2-3,5-6,8-9,11,13-14,18H,4,7,10,12,15H2,1H3,(H,25,27,28). The first-order chi connectivity index (χ1) is 14.6. The highest BCUT2D eigenvalue weighted by Gasteiger charge is 2.26. The van der Waals surface area contributed by atoms with Gasteiger partial charge in [-0.2, -0.15) is 0 Å². The molecule has 1 atom stereocenters. The van der Waals surface area contributed by atoms with Crippen LogP contribution in [-0.2, 0) is 11.2 Å². The fraction of sp³-hybridized carbons (Fsp3) is 0.304. The summed E-state index contributed by atoms with van der Waals surface area (Å²) in [5, 5.41) is 3.10. The number of amides is 1. The van der Waals surface area contributed by atoms with E-state index in [0.717, 1.165) is 29.9 Å². The first-order valence-electron chi connectivity index (χ1n) is 10.1. The Balaban J connectivity index is 1.53. The molecule has 3 heterocycles. The topological polar surface area (TPSA) is 71.0 Å². The third-order valence-corrected chi connectivity index (χ3v) is 5.36. The number of pyridine rings is 1. The zero-order valence-electron chi connectivity index (χ0n) is 16.9. The van der Waals surface area contributed by atoms with Crippen molar-refractivity contribution in [2.45, 2.75) is 25.2 Å². The first-order valence-corrected chi connectivity index (χ1v) is 10.1. The predicted octanol–water partition coefficient (Wildman–Crippen LogP) is 3.67. The van der Waals surface area contributed by atoms with Crippen LogP contribution in [0.3, 0.4) is 0 Å². The van der Waals surface area contributed by atoms with Gasteiger partial charge in [-0.05, 0) is 42.7 Å². The van der Waals surface area contributed by atoms with Gasteiger partial charge in [0, 0.05) is 50.1 Å². The minimum absolute atomic E-state index is 0.0145. The average Bonchev–Trinajstić information content (AvgIpc) is 2.79. The normalized spacial score (nSPS) is 16.3. The van der Waals surface area contributed by atoms with Crippen molar-refractivity contribution in [1.82, 2.24) is 19.9 Å². The first kappa shape index (κ1) is 19.9. The van der Waals surface area contributed by atoms with Crippen molar-refractivity contribution in [3.05, 3.63) is 71.9 Å². The Hall–Kier alpha value is -3.35. The van der Waals surface area contributed by atoms with Crippen molar-refractivity contribution in [3.8, 4) is 11.4 Å². The lowest BCUT2D eigenvalue weighted by Crippen LogP contribution is -2.40. The van der Waals surface area contributed by atoms with Crippen LogP contribution in [0.2, 0.25) is 0 Å². The molecule has 1 aliphatic heterocycles. The molecular weight excluding hydrogens is 381 g/mol. The van der Waals surface area contributed by atoms with Crippen molar-refractivity contribution in [1.29, 1.82) is 0 Å². The number of anilines is 1. The Bertz CT molecular complexity index is 1030. The molecule has 1 saturated heterocycles. The van der Waals surface area contributed by atoms with Crippen LogP contribution < -0.4 is 5.32 Å². The van der Waals surface area contributed by atoms with Gasteiger partial charge in [-0.1, -0.05) is 12.1 Å². The van der Waals surface area contributed by atoms with Gasteiger partial charge in [-0.25, -0.2) is 14.4 Å². The third kappa shape index (κ3) is 4.62. The summed E-state index contributed by atoms with van der Waals surface area (Å²) in [5.41, 5.74) is 2.46. The molecular formula is C23H24FN5O. The number of hydrogen-bond donors (Lipinski definition) is 1. The van der Waals surface area contributed by atoms with E-state index < -0.39 is 0 Å². The fourth-order valence-corrected chi connectivity index (χ4v) is 3.81. The second kappa shape index (κ2) is 8.98. The monoisotopic (exact) mass is 405 g/mol. The largest absolute Gasteiger partial charge is 0.373 e. The van der Waals surface area contributed by atoms with E-state index in [0.29, 0.717) is 24.5 Å². The third-order valence-electron chi connectivity index (χ3n) is 5.36. The maximum absolute atomic E-state index is 13.4. The molecule has 154 valence electrons. The molecule has 1 fully saturated rings. The highest BCUT2D eigenvalue weighted by atomic mass is 19.1. The smallest absolute Gasteiger partial charge is 0.227 e. The number of carbonyl (C=O) groups excluding carboxylic acids is 1. The molecule has 1 aliphatic rings. The van der Waals surface area contributed by atoms with Gasteiger partial charge >= 0.3 is 0 Å². The summed E-state index contributed by atoms with van der Waals surface area (Å²) in [6, 6.07) is 12.0. The van der Waals surface area contributed by atoms with Crippen molar-refractivity contribution >= 4 is 11.7 Å². The van der Waals surface area contributed by atoms with Crippen LogP contribution in [0.15, 0.2) is 54.9 Å². The molecule has 0 radical (unpaired) electrons. The molecule has 4 rings (SSSR count). The van der Waals surface area contributed by atoms with Gasteiger partial charge in [0.05, 0.1) is 12.1 Å². The SMILES string of the molecule is CNc1cc(C2CCCN(C(=O)Cc3cccc(F)c3)C2)nc(-c2cccnc2)n1. The average molecular weight is 405 g/mol. The van der Waals surface area contributed by atoms with Crippen LogP contribution in [0.25, 0.3) is 11.4 Å². The van der Waals surface area contributed by atoms with Crippen LogP contribution >= 0.6 is 0 Å². The Morgan fingerprint density at radius 1 is 1.23 bits per heavy atom. The summed E-state index contributed by atoms with van der Waals surface area (Å²) < 4.78 is 13.4. The van der Waals surface area contributed by atoms with Crippen LogP contribution in [0.5, 0.6) is 0 Å². The van der Waals surface area contributed by atoms with E-state index in [1.807, 2.05) is 30.1 Å². The van der Waals surface area contributed by atoms with Crippen LogP contribution in [-0.4, -0.2) is 45.9 Å². The quantitative estimate of drug-likeness (QED) is 0.701. The second-order valence-electron chi connectivity index (χ2n) is 7.48. The highest BCUT2D eigenvalue weighted by Crippen LogP contribution is 2.29. The predicted molar refractivity (Wildman–Crippen MR) is 113 cm³/mol. The van der Waals surface area contributed by atoms with E-state index in [1.165, 1.54) is 12.1 Å². The molecule has 0 spiro atoms.